The molecule has 0 aliphatic carbocycles. The number of methoxy groups -OCH3 is 1. The highest BCUT2D eigenvalue weighted by molar-refractivity contribution is 7.07. The van der Waals surface area contributed by atoms with Gasteiger partial charge in [0.05, 0.1) is 29.0 Å². The first-order chi connectivity index (χ1) is 23.4. The van der Waals surface area contributed by atoms with Crippen molar-refractivity contribution in [3.63, 3.8) is 0 Å². The van der Waals surface area contributed by atoms with Crippen LogP contribution in [0.4, 0.5) is 10.1 Å². The fourth-order valence-electron chi connectivity index (χ4n) is 5.89. The molecule has 1 aliphatic rings. The van der Waals surface area contributed by atoms with E-state index in [1.807, 2.05) is 78.9 Å². The van der Waals surface area contributed by atoms with Crippen LogP contribution in [0.1, 0.15) is 29.7 Å². The number of anilines is 1. The third-order valence-electron chi connectivity index (χ3n) is 8.28. The first kappa shape index (κ1) is 30.8. The third kappa shape index (κ3) is 5.91. The molecule has 7 nitrogen and oxygen atoms in total. The number of para-hydroxylation sites is 1. The topological polar surface area (TPSA) is 81.9 Å². The van der Waals surface area contributed by atoms with E-state index in [1.165, 1.54) is 17.4 Å². The summed E-state index contributed by atoms with van der Waals surface area (Å²) in [5, 5.41) is 4.81. The highest BCUT2D eigenvalue weighted by Gasteiger charge is 2.32. The Hall–Kier alpha value is -5.80. The van der Waals surface area contributed by atoms with Gasteiger partial charge in [-0.15, -0.1) is 0 Å². The number of rotatable bonds is 8. The van der Waals surface area contributed by atoms with Gasteiger partial charge >= 0.3 is 0 Å². The molecule has 0 radical (unpaired) electrons. The summed E-state index contributed by atoms with van der Waals surface area (Å²) in [6.45, 7) is 1.80. The Morgan fingerprint density at radius 2 is 1.67 bits per heavy atom. The maximum absolute atomic E-state index is 14.5. The van der Waals surface area contributed by atoms with E-state index >= 15 is 0 Å². The summed E-state index contributed by atoms with van der Waals surface area (Å²) >= 11 is 1.24. The standard InChI is InChI=1S/C39H30FN3O4S/c1-24-35(37(44)42-28-12-4-3-5-13-28)36(26-16-19-29(46-2)20-17-26)43-38(45)34(48-39(43)41-24)22-31-30-14-8-6-10-25(30)18-21-33(31)47-23-27-11-7-9-15-32(27)40/h3-22,36H,23H2,1-2H3,(H,42,44)/b34-22+/t36-/m0/s1. The van der Waals surface area contributed by atoms with Crippen LogP contribution in [0.25, 0.3) is 16.8 Å². The normalized spacial score (nSPS) is 14.4. The average molecular weight is 656 g/mol. The zero-order valence-electron chi connectivity index (χ0n) is 26.1. The summed E-state index contributed by atoms with van der Waals surface area (Å²) < 4.78 is 28.0. The lowest BCUT2D eigenvalue weighted by atomic mass is 9.95. The van der Waals surface area contributed by atoms with Crippen LogP contribution in [0.5, 0.6) is 11.5 Å². The summed E-state index contributed by atoms with van der Waals surface area (Å²) in [6.07, 6.45) is 1.80. The Morgan fingerprint density at radius 1 is 0.938 bits per heavy atom. The number of carbonyl (C=O) groups excluding carboxylic acids is 1. The van der Waals surface area contributed by atoms with Crippen LogP contribution in [0, 0.1) is 5.82 Å². The van der Waals surface area contributed by atoms with Gasteiger partial charge < -0.3 is 14.8 Å². The fraction of sp³-hybridized carbons (Fsp3) is 0.103. The lowest BCUT2D eigenvalue weighted by molar-refractivity contribution is -0.113. The zero-order chi connectivity index (χ0) is 33.2. The van der Waals surface area contributed by atoms with E-state index < -0.39 is 6.04 Å². The lowest BCUT2D eigenvalue weighted by Crippen LogP contribution is -2.40. The Kier molecular flexibility index (Phi) is 8.44. The number of allylic oxidation sites excluding steroid dienone is 1. The number of thiazole rings is 1. The second-order valence-electron chi connectivity index (χ2n) is 11.3. The molecule has 1 N–H and O–H groups in total. The minimum absolute atomic E-state index is 0.0175. The third-order valence-corrected chi connectivity index (χ3v) is 9.26. The zero-order valence-corrected chi connectivity index (χ0v) is 27.0. The molecule has 0 saturated heterocycles. The summed E-state index contributed by atoms with van der Waals surface area (Å²) in [4.78, 5) is 33.6. The molecule has 6 aromatic rings. The highest BCUT2D eigenvalue weighted by Crippen LogP contribution is 2.33. The number of nitrogens with zero attached hydrogens (tertiary/aromatic N) is 2. The predicted molar refractivity (Wildman–Crippen MR) is 187 cm³/mol. The van der Waals surface area contributed by atoms with Gasteiger partial charge in [0.1, 0.15) is 23.9 Å². The molecule has 48 heavy (non-hydrogen) atoms. The Balaban J connectivity index is 1.37. The number of carbonyl (C=O) groups is 1. The second-order valence-corrected chi connectivity index (χ2v) is 12.3. The van der Waals surface area contributed by atoms with Crippen molar-refractivity contribution in [3.05, 3.63) is 169 Å². The van der Waals surface area contributed by atoms with Gasteiger partial charge in [0.25, 0.3) is 11.5 Å². The van der Waals surface area contributed by atoms with Gasteiger partial charge in [-0.1, -0.05) is 90.2 Å². The molecule has 1 aliphatic heterocycles. The van der Waals surface area contributed by atoms with Gasteiger partial charge in [0, 0.05) is 16.8 Å². The van der Waals surface area contributed by atoms with Crippen LogP contribution in [-0.2, 0) is 11.4 Å². The van der Waals surface area contributed by atoms with E-state index in [0.717, 1.165) is 16.3 Å². The monoisotopic (exact) mass is 655 g/mol. The summed E-state index contributed by atoms with van der Waals surface area (Å²) in [6, 6.07) is 33.8. The molecule has 0 saturated carbocycles. The van der Waals surface area contributed by atoms with Gasteiger partial charge in [-0.2, -0.15) is 0 Å². The number of ether oxygens (including phenoxy) is 2. The number of hydrogen-bond donors (Lipinski definition) is 1. The molecule has 0 bridgehead atoms. The van der Waals surface area contributed by atoms with Gasteiger partial charge in [-0.25, -0.2) is 9.38 Å². The van der Waals surface area contributed by atoms with E-state index in [0.29, 0.717) is 48.9 Å². The maximum atomic E-state index is 14.5. The first-order valence-electron chi connectivity index (χ1n) is 15.3. The molecular formula is C39H30FN3O4S. The molecule has 1 amide bonds. The quantitative estimate of drug-likeness (QED) is 0.197. The predicted octanol–water partition coefficient (Wildman–Crippen LogP) is 6.75. The number of halogens is 1. The van der Waals surface area contributed by atoms with Crippen molar-refractivity contribution in [2.24, 2.45) is 4.99 Å². The van der Waals surface area contributed by atoms with Crippen molar-refractivity contribution in [2.45, 2.75) is 19.6 Å². The van der Waals surface area contributed by atoms with Gasteiger partial charge in [-0.05, 0) is 65.7 Å². The SMILES string of the molecule is COc1ccc([C@H]2C(C(=O)Nc3ccccc3)=C(C)N=c3s/c(=C/c4c(OCc5ccccc5F)ccc5ccccc45)c(=O)n32)cc1. The fourth-order valence-corrected chi connectivity index (χ4v) is 6.91. The Labute approximate surface area is 279 Å². The van der Waals surface area contributed by atoms with Crippen LogP contribution in [0.2, 0.25) is 0 Å². The van der Waals surface area contributed by atoms with E-state index in [1.54, 1.807) is 55.0 Å². The molecule has 1 aromatic heterocycles. The van der Waals surface area contributed by atoms with Gasteiger partial charge in [-0.3, -0.25) is 14.2 Å². The van der Waals surface area contributed by atoms with Crippen molar-refractivity contribution >= 4 is 39.8 Å². The lowest BCUT2D eigenvalue weighted by Gasteiger charge is -2.25. The second kappa shape index (κ2) is 13.1. The molecule has 238 valence electrons. The van der Waals surface area contributed by atoms with Crippen molar-refractivity contribution in [1.29, 1.82) is 0 Å². The molecule has 1 atom stereocenters. The molecule has 0 spiro atoms. The van der Waals surface area contributed by atoms with Crippen molar-refractivity contribution in [1.82, 2.24) is 4.57 Å². The van der Waals surface area contributed by atoms with Crippen LogP contribution in [0.15, 0.2) is 136 Å². The Bertz CT molecular complexity index is 2380. The van der Waals surface area contributed by atoms with E-state index in [9.17, 15) is 14.0 Å². The van der Waals surface area contributed by atoms with Crippen LogP contribution < -0.4 is 29.7 Å². The smallest absolute Gasteiger partial charge is 0.271 e. The summed E-state index contributed by atoms with van der Waals surface area (Å²) in [5.41, 5.74) is 3.05. The summed E-state index contributed by atoms with van der Waals surface area (Å²) in [7, 11) is 1.59. The van der Waals surface area contributed by atoms with Crippen LogP contribution in [-0.4, -0.2) is 17.6 Å². The number of amides is 1. The molecule has 2 heterocycles. The maximum Gasteiger partial charge on any atom is 0.271 e. The van der Waals surface area contributed by atoms with Gasteiger partial charge in [0.15, 0.2) is 4.80 Å². The summed E-state index contributed by atoms with van der Waals surface area (Å²) in [5.74, 6) is 0.458. The van der Waals surface area contributed by atoms with Crippen molar-refractivity contribution in [2.75, 3.05) is 12.4 Å². The number of aromatic nitrogens is 1. The van der Waals surface area contributed by atoms with Gasteiger partial charge in [0.2, 0.25) is 0 Å². The first-order valence-corrected chi connectivity index (χ1v) is 16.1. The molecule has 0 unspecified atom stereocenters. The highest BCUT2D eigenvalue weighted by atomic mass is 32.1. The number of fused-ring (bicyclic) bond motifs is 2. The molecule has 7 rings (SSSR count). The van der Waals surface area contributed by atoms with Crippen LogP contribution in [0.3, 0.4) is 0 Å². The molecular weight excluding hydrogens is 626 g/mol. The largest absolute Gasteiger partial charge is 0.497 e. The molecule has 5 aromatic carbocycles. The van der Waals surface area contributed by atoms with E-state index in [4.69, 9.17) is 14.5 Å². The molecule has 9 heteroatoms. The molecule has 0 fully saturated rings. The van der Waals surface area contributed by atoms with E-state index in [-0.39, 0.29) is 23.9 Å². The number of nitrogens with one attached hydrogen (secondary N) is 1. The number of hydrogen-bond acceptors (Lipinski definition) is 6. The minimum atomic E-state index is -0.748. The van der Waals surface area contributed by atoms with E-state index in [2.05, 4.69) is 5.32 Å². The Morgan fingerprint density at radius 3 is 2.44 bits per heavy atom. The van der Waals surface area contributed by atoms with Crippen molar-refractivity contribution < 1.29 is 18.7 Å². The average Bonchev–Trinajstić information content (AvgIpc) is 3.41. The van der Waals surface area contributed by atoms with Crippen LogP contribution >= 0.6 is 11.3 Å². The van der Waals surface area contributed by atoms with Crippen molar-refractivity contribution in [3.8, 4) is 11.5 Å². The number of benzene rings is 5. The minimum Gasteiger partial charge on any atom is -0.497 e.